The van der Waals surface area contributed by atoms with Gasteiger partial charge in [-0.15, -0.1) is 0 Å². The zero-order valence-electron chi connectivity index (χ0n) is 7.47. The number of rotatable bonds is 0. The molecule has 0 amide bonds. The van der Waals surface area contributed by atoms with Crippen molar-refractivity contribution in [2.24, 2.45) is 0 Å². The molecule has 2 unspecified atom stereocenters. The van der Waals surface area contributed by atoms with Gasteiger partial charge in [-0.2, -0.15) is 0 Å². The molecule has 2 aliphatic rings. The molecule has 2 aliphatic heterocycles. The zero-order chi connectivity index (χ0) is 7.90. The second-order valence-corrected chi connectivity index (χ2v) is 4.14. The Labute approximate surface area is 68.5 Å². The first kappa shape index (κ1) is 7.56. The van der Waals surface area contributed by atoms with Gasteiger partial charge < -0.3 is 9.64 Å². The molecule has 2 fully saturated rings. The highest BCUT2D eigenvalue weighted by Crippen LogP contribution is 2.37. The monoisotopic (exact) mass is 155 g/mol. The molecule has 0 N–H and O–H groups in total. The van der Waals surface area contributed by atoms with E-state index in [1.165, 1.54) is 25.8 Å². The topological polar surface area (TPSA) is 12.5 Å². The van der Waals surface area contributed by atoms with Crippen LogP contribution in [0.15, 0.2) is 0 Å². The van der Waals surface area contributed by atoms with E-state index in [2.05, 4.69) is 18.9 Å². The lowest BCUT2D eigenvalue weighted by atomic mass is 9.99. The van der Waals surface area contributed by atoms with Gasteiger partial charge >= 0.3 is 0 Å². The summed E-state index contributed by atoms with van der Waals surface area (Å²) in [5.41, 5.74) is 0.258. The zero-order valence-corrected chi connectivity index (χ0v) is 7.47. The first-order valence-electron chi connectivity index (χ1n) is 4.57. The summed E-state index contributed by atoms with van der Waals surface area (Å²) < 4.78 is 5.94. The van der Waals surface area contributed by atoms with Gasteiger partial charge in [0.2, 0.25) is 0 Å². The molecule has 0 radical (unpaired) electrons. The summed E-state index contributed by atoms with van der Waals surface area (Å²) in [6.45, 7) is 4.55. The molecular formula is C9H17NO. The number of hydrogen-bond acceptors (Lipinski definition) is 2. The van der Waals surface area contributed by atoms with Crippen LogP contribution < -0.4 is 0 Å². The second-order valence-electron chi connectivity index (χ2n) is 4.14. The second kappa shape index (κ2) is 2.46. The Bertz CT molecular complexity index is 140. The van der Waals surface area contributed by atoms with E-state index in [1.54, 1.807) is 0 Å². The minimum atomic E-state index is 0.258. The third-order valence-corrected chi connectivity index (χ3v) is 2.96. The van der Waals surface area contributed by atoms with Gasteiger partial charge in [0.05, 0.1) is 11.7 Å². The molecule has 0 bridgehead atoms. The molecule has 0 aromatic heterocycles. The van der Waals surface area contributed by atoms with Gasteiger partial charge in [0.15, 0.2) is 0 Å². The van der Waals surface area contributed by atoms with Gasteiger partial charge in [0.25, 0.3) is 0 Å². The maximum absolute atomic E-state index is 5.94. The number of likely N-dealkylation sites (N-methyl/N-ethyl adjacent to an activating group) is 1. The average molecular weight is 155 g/mol. The maximum Gasteiger partial charge on any atom is 0.0825 e. The van der Waals surface area contributed by atoms with E-state index in [0.717, 1.165) is 6.54 Å². The highest BCUT2D eigenvalue weighted by Gasteiger charge is 2.42. The van der Waals surface area contributed by atoms with Gasteiger partial charge in [0, 0.05) is 13.1 Å². The van der Waals surface area contributed by atoms with Gasteiger partial charge in [-0.1, -0.05) is 0 Å². The van der Waals surface area contributed by atoms with Crippen LogP contribution in [0.25, 0.3) is 0 Å². The molecule has 0 saturated carbocycles. The molecule has 64 valence electrons. The molecule has 1 spiro atoms. The molecule has 0 aromatic rings. The normalized spacial score (nSPS) is 45.8. The third kappa shape index (κ3) is 1.30. The van der Waals surface area contributed by atoms with Crippen molar-refractivity contribution in [3.8, 4) is 0 Å². The van der Waals surface area contributed by atoms with E-state index in [9.17, 15) is 0 Å². The van der Waals surface area contributed by atoms with Gasteiger partial charge in [-0.25, -0.2) is 0 Å². The van der Waals surface area contributed by atoms with Crippen LogP contribution in [0.3, 0.4) is 0 Å². The Morgan fingerprint density at radius 1 is 1.45 bits per heavy atom. The first-order valence-corrected chi connectivity index (χ1v) is 4.57. The predicted octanol–water partition coefficient (Wildman–Crippen LogP) is 1.26. The number of likely N-dealkylation sites (tertiary alicyclic amines) is 1. The fraction of sp³-hybridized carbons (Fsp3) is 1.00. The third-order valence-electron chi connectivity index (χ3n) is 2.96. The average Bonchev–Trinajstić information content (AvgIpc) is 2.44. The van der Waals surface area contributed by atoms with Crippen LogP contribution in [-0.4, -0.2) is 36.7 Å². The highest BCUT2D eigenvalue weighted by atomic mass is 16.5. The van der Waals surface area contributed by atoms with Gasteiger partial charge in [-0.3, -0.25) is 0 Å². The minimum Gasteiger partial charge on any atom is -0.371 e. The first-order chi connectivity index (χ1) is 5.20. The van der Waals surface area contributed by atoms with Crippen LogP contribution in [0.2, 0.25) is 0 Å². The Morgan fingerprint density at radius 3 is 2.73 bits per heavy atom. The smallest absolute Gasteiger partial charge is 0.0825 e. The number of ether oxygens (including phenoxy) is 1. The summed E-state index contributed by atoms with van der Waals surface area (Å²) in [4.78, 5) is 2.37. The van der Waals surface area contributed by atoms with E-state index in [0.29, 0.717) is 6.10 Å². The van der Waals surface area contributed by atoms with Gasteiger partial charge in [-0.05, 0) is 33.2 Å². The molecule has 2 saturated heterocycles. The number of nitrogens with zero attached hydrogens (tertiary/aromatic N) is 1. The molecule has 2 heteroatoms. The Morgan fingerprint density at radius 2 is 2.27 bits per heavy atom. The lowest BCUT2D eigenvalue weighted by Gasteiger charge is -2.22. The summed E-state index contributed by atoms with van der Waals surface area (Å²) in [6, 6.07) is 0. The molecular weight excluding hydrogens is 138 g/mol. The van der Waals surface area contributed by atoms with E-state index < -0.39 is 0 Å². The van der Waals surface area contributed by atoms with Crippen LogP contribution in [0, 0.1) is 0 Å². The van der Waals surface area contributed by atoms with Crippen LogP contribution in [0.1, 0.15) is 26.2 Å². The largest absolute Gasteiger partial charge is 0.371 e. The van der Waals surface area contributed by atoms with E-state index in [4.69, 9.17) is 4.74 Å². The van der Waals surface area contributed by atoms with Crippen molar-refractivity contribution in [1.29, 1.82) is 0 Å². The molecule has 2 atom stereocenters. The lowest BCUT2D eigenvalue weighted by molar-refractivity contribution is -0.0246. The molecule has 0 aromatic carbocycles. The summed E-state index contributed by atoms with van der Waals surface area (Å²) in [7, 11) is 2.18. The molecule has 0 aliphatic carbocycles. The van der Waals surface area contributed by atoms with Crippen molar-refractivity contribution in [3.05, 3.63) is 0 Å². The van der Waals surface area contributed by atoms with Crippen molar-refractivity contribution in [2.45, 2.75) is 37.9 Å². The van der Waals surface area contributed by atoms with Crippen molar-refractivity contribution >= 4 is 0 Å². The Kier molecular flexibility index (Phi) is 1.69. The van der Waals surface area contributed by atoms with Crippen LogP contribution in [-0.2, 0) is 4.74 Å². The van der Waals surface area contributed by atoms with Crippen molar-refractivity contribution in [3.63, 3.8) is 0 Å². The highest BCUT2D eigenvalue weighted by molar-refractivity contribution is 4.95. The van der Waals surface area contributed by atoms with Crippen LogP contribution in [0.4, 0.5) is 0 Å². The van der Waals surface area contributed by atoms with Crippen LogP contribution >= 0.6 is 0 Å². The van der Waals surface area contributed by atoms with Crippen molar-refractivity contribution < 1.29 is 4.74 Å². The maximum atomic E-state index is 5.94. The summed E-state index contributed by atoms with van der Waals surface area (Å²) in [5, 5.41) is 0. The quantitative estimate of drug-likeness (QED) is 0.522. The van der Waals surface area contributed by atoms with Crippen LogP contribution in [0.5, 0.6) is 0 Å². The van der Waals surface area contributed by atoms with E-state index in [1.807, 2.05) is 0 Å². The minimum absolute atomic E-state index is 0.258. The van der Waals surface area contributed by atoms with E-state index >= 15 is 0 Å². The Hall–Kier alpha value is -0.0800. The van der Waals surface area contributed by atoms with Crippen molar-refractivity contribution in [2.75, 3.05) is 20.1 Å². The molecule has 11 heavy (non-hydrogen) atoms. The summed E-state index contributed by atoms with van der Waals surface area (Å²) in [6.07, 6.45) is 4.28. The van der Waals surface area contributed by atoms with E-state index in [-0.39, 0.29) is 5.60 Å². The number of hydrogen-bond donors (Lipinski definition) is 0. The molecule has 2 nitrogen and oxygen atoms in total. The Balaban J connectivity index is 2.02. The fourth-order valence-electron chi connectivity index (χ4n) is 2.36. The fourth-order valence-corrected chi connectivity index (χ4v) is 2.36. The van der Waals surface area contributed by atoms with Crippen molar-refractivity contribution in [1.82, 2.24) is 4.90 Å². The molecule has 2 heterocycles. The summed E-state index contributed by atoms with van der Waals surface area (Å²) in [5.74, 6) is 0. The van der Waals surface area contributed by atoms with Gasteiger partial charge in [0.1, 0.15) is 0 Å². The predicted molar refractivity (Wildman–Crippen MR) is 44.6 cm³/mol. The summed E-state index contributed by atoms with van der Waals surface area (Å²) >= 11 is 0. The standard InChI is InChI=1S/C9H17NO/c1-8-3-4-9(11-8)5-6-10(2)7-9/h8H,3-7H2,1-2H3. The molecule has 2 rings (SSSR count). The SMILES string of the molecule is CC1CCC2(CCN(C)C2)O1. The lowest BCUT2D eigenvalue weighted by Crippen LogP contribution is -2.31.